The molecule has 0 radical (unpaired) electrons. The Morgan fingerprint density at radius 2 is 2.06 bits per heavy atom. The van der Waals surface area contributed by atoms with Gasteiger partial charge >= 0.3 is 0 Å². The molecule has 3 atom stereocenters. The molecule has 1 aliphatic rings. The quantitative estimate of drug-likeness (QED) is 0.854. The highest BCUT2D eigenvalue weighted by Gasteiger charge is 2.31. The molecular weight excluding hydrogens is 217 g/mol. The molecule has 1 aromatic carbocycles. The van der Waals surface area contributed by atoms with E-state index in [1.807, 2.05) is 13.0 Å². The van der Waals surface area contributed by atoms with Crippen molar-refractivity contribution in [2.24, 2.45) is 5.92 Å². The van der Waals surface area contributed by atoms with Gasteiger partial charge in [-0.3, -0.25) is 0 Å². The zero-order chi connectivity index (χ0) is 12.4. The smallest absolute Gasteiger partial charge is 0.129 e. The van der Waals surface area contributed by atoms with Gasteiger partial charge in [0, 0.05) is 17.6 Å². The van der Waals surface area contributed by atoms with Crippen molar-refractivity contribution in [3.63, 3.8) is 0 Å². The van der Waals surface area contributed by atoms with E-state index in [2.05, 4.69) is 19.2 Å². The van der Waals surface area contributed by atoms with Crippen LogP contribution in [0.25, 0.3) is 0 Å². The molecule has 1 N–H and O–H groups in total. The molecule has 17 heavy (non-hydrogen) atoms. The number of nitrogens with one attached hydrogen (secondary N) is 1. The highest BCUT2D eigenvalue weighted by atomic mass is 19.1. The molecular formula is C14H20FNO. The van der Waals surface area contributed by atoms with Gasteiger partial charge in [-0.2, -0.15) is 0 Å². The van der Waals surface area contributed by atoms with E-state index in [4.69, 9.17) is 4.74 Å². The Hall–Kier alpha value is -0.930. The van der Waals surface area contributed by atoms with Gasteiger partial charge in [0.2, 0.25) is 0 Å². The van der Waals surface area contributed by atoms with Crippen LogP contribution in [0.15, 0.2) is 24.3 Å². The second kappa shape index (κ2) is 5.15. The van der Waals surface area contributed by atoms with Crippen LogP contribution in [-0.2, 0) is 4.74 Å². The second-order valence-electron chi connectivity index (χ2n) is 5.08. The van der Waals surface area contributed by atoms with E-state index in [1.165, 1.54) is 6.07 Å². The van der Waals surface area contributed by atoms with Crippen LogP contribution in [0.4, 0.5) is 4.39 Å². The molecule has 1 fully saturated rings. The van der Waals surface area contributed by atoms with Crippen LogP contribution < -0.4 is 5.32 Å². The Labute approximate surface area is 102 Å². The summed E-state index contributed by atoms with van der Waals surface area (Å²) in [4.78, 5) is 0. The zero-order valence-electron chi connectivity index (χ0n) is 10.6. The molecule has 1 heterocycles. The summed E-state index contributed by atoms with van der Waals surface area (Å²) in [6.07, 6.45) is -0.189. The van der Waals surface area contributed by atoms with Crippen molar-refractivity contribution in [2.45, 2.75) is 39.0 Å². The molecule has 0 aromatic heterocycles. The van der Waals surface area contributed by atoms with Crippen molar-refractivity contribution in [3.8, 4) is 0 Å². The zero-order valence-corrected chi connectivity index (χ0v) is 10.6. The Bertz CT molecular complexity index is 380. The van der Waals surface area contributed by atoms with Gasteiger partial charge in [-0.1, -0.05) is 32.0 Å². The van der Waals surface area contributed by atoms with Crippen LogP contribution in [0.3, 0.4) is 0 Å². The molecule has 1 aliphatic heterocycles. The van der Waals surface area contributed by atoms with Gasteiger partial charge in [-0.15, -0.1) is 0 Å². The summed E-state index contributed by atoms with van der Waals surface area (Å²) in [5.74, 6) is 0.341. The first-order chi connectivity index (χ1) is 8.09. The first kappa shape index (κ1) is 12.5. The maximum Gasteiger partial charge on any atom is 0.129 e. The van der Waals surface area contributed by atoms with Gasteiger partial charge in [-0.05, 0) is 18.9 Å². The fraction of sp³-hybridized carbons (Fsp3) is 0.571. The average Bonchev–Trinajstić information content (AvgIpc) is 2.30. The summed E-state index contributed by atoms with van der Waals surface area (Å²) in [5, 5.41) is 3.50. The molecule has 2 nitrogen and oxygen atoms in total. The van der Waals surface area contributed by atoms with Gasteiger partial charge in [0.25, 0.3) is 0 Å². The third-order valence-electron chi connectivity index (χ3n) is 3.40. The molecule has 3 heteroatoms. The monoisotopic (exact) mass is 237 g/mol. The minimum atomic E-state index is -0.189. The largest absolute Gasteiger partial charge is 0.370 e. The molecule has 94 valence electrons. The van der Waals surface area contributed by atoms with Gasteiger partial charge in [-0.25, -0.2) is 4.39 Å². The van der Waals surface area contributed by atoms with Crippen LogP contribution in [-0.4, -0.2) is 18.7 Å². The fourth-order valence-corrected chi connectivity index (χ4v) is 2.27. The number of hydrogen-bond acceptors (Lipinski definition) is 2. The third kappa shape index (κ3) is 2.67. The predicted octanol–water partition coefficient (Wildman–Crippen LogP) is 2.90. The lowest BCUT2D eigenvalue weighted by atomic mass is 9.96. The summed E-state index contributed by atoms with van der Waals surface area (Å²) < 4.78 is 19.5. The van der Waals surface area contributed by atoms with Crippen LogP contribution >= 0.6 is 0 Å². The fourth-order valence-electron chi connectivity index (χ4n) is 2.27. The first-order valence-corrected chi connectivity index (χ1v) is 6.21. The summed E-state index contributed by atoms with van der Waals surface area (Å²) >= 11 is 0. The number of rotatable bonds is 2. The minimum Gasteiger partial charge on any atom is -0.370 e. The second-order valence-corrected chi connectivity index (χ2v) is 5.08. The van der Waals surface area contributed by atoms with E-state index in [-0.39, 0.29) is 18.0 Å². The van der Waals surface area contributed by atoms with Gasteiger partial charge in [0.15, 0.2) is 0 Å². The van der Waals surface area contributed by atoms with E-state index in [0.717, 1.165) is 0 Å². The Kier molecular flexibility index (Phi) is 3.79. The number of hydrogen-bond donors (Lipinski definition) is 1. The topological polar surface area (TPSA) is 21.3 Å². The molecule has 0 saturated carbocycles. The summed E-state index contributed by atoms with van der Waals surface area (Å²) in [6, 6.07) is 7.33. The van der Waals surface area contributed by atoms with Crippen molar-refractivity contribution >= 4 is 0 Å². The lowest BCUT2D eigenvalue weighted by molar-refractivity contribution is -0.0355. The standard InChI is InChI=1S/C14H20FNO/c1-9(2)13-8-17-14(10(3)16-13)11-6-4-5-7-12(11)15/h4-7,9-10,13-14,16H,8H2,1-3H3. The van der Waals surface area contributed by atoms with Crippen LogP contribution in [0.2, 0.25) is 0 Å². The Morgan fingerprint density at radius 3 is 2.65 bits per heavy atom. The molecule has 0 bridgehead atoms. The number of benzene rings is 1. The Morgan fingerprint density at radius 1 is 1.35 bits per heavy atom. The molecule has 0 amide bonds. The third-order valence-corrected chi connectivity index (χ3v) is 3.40. The van der Waals surface area contributed by atoms with Crippen LogP contribution in [0.5, 0.6) is 0 Å². The Balaban J connectivity index is 2.12. The normalized spacial score (nSPS) is 29.6. The SMILES string of the molecule is CC(C)C1COC(c2ccccc2F)C(C)N1. The van der Waals surface area contributed by atoms with Gasteiger partial charge < -0.3 is 10.1 Å². The van der Waals surface area contributed by atoms with Gasteiger partial charge in [0.1, 0.15) is 11.9 Å². The lowest BCUT2D eigenvalue weighted by Gasteiger charge is -2.37. The van der Waals surface area contributed by atoms with E-state index in [9.17, 15) is 4.39 Å². The molecule has 2 rings (SSSR count). The van der Waals surface area contributed by atoms with E-state index >= 15 is 0 Å². The van der Waals surface area contributed by atoms with E-state index in [1.54, 1.807) is 12.1 Å². The number of ether oxygens (including phenoxy) is 1. The molecule has 3 unspecified atom stereocenters. The summed E-state index contributed by atoms with van der Waals surface area (Å²) in [5.41, 5.74) is 0.648. The number of halogens is 1. The van der Waals surface area contributed by atoms with Crippen molar-refractivity contribution in [3.05, 3.63) is 35.6 Å². The molecule has 1 aromatic rings. The summed E-state index contributed by atoms with van der Waals surface area (Å²) in [6.45, 7) is 7.01. The highest BCUT2D eigenvalue weighted by Crippen LogP contribution is 2.28. The predicted molar refractivity (Wildman–Crippen MR) is 66.3 cm³/mol. The van der Waals surface area contributed by atoms with Crippen molar-refractivity contribution in [1.29, 1.82) is 0 Å². The average molecular weight is 237 g/mol. The maximum absolute atomic E-state index is 13.7. The maximum atomic E-state index is 13.7. The van der Waals surface area contributed by atoms with Crippen molar-refractivity contribution < 1.29 is 9.13 Å². The lowest BCUT2D eigenvalue weighted by Crippen LogP contribution is -2.51. The van der Waals surface area contributed by atoms with Crippen LogP contribution in [0.1, 0.15) is 32.4 Å². The number of morpholine rings is 1. The van der Waals surface area contributed by atoms with E-state index in [0.29, 0.717) is 24.1 Å². The minimum absolute atomic E-state index is 0.132. The van der Waals surface area contributed by atoms with Crippen molar-refractivity contribution in [1.82, 2.24) is 5.32 Å². The first-order valence-electron chi connectivity index (χ1n) is 6.21. The van der Waals surface area contributed by atoms with Gasteiger partial charge in [0.05, 0.1) is 6.61 Å². The molecule has 0 aliphatic carbocycles. The molecule has 1 saturated heterocycles. The van der Waals surface area contributed by atoms with E-state index < -0.39 is 0 Å². The highest BCUT2D eigenvalue weighted by molar-refractivity contribution is 5.22. The van der Waals surface area contributed by atoms with Crippen LogP contribution in [0, 0.1) is 11.7 Å². The summed E-state index contributed by atoms with van der Waals surface area (Å²) in [7, 11) is 0. The van der Waals surface area contributed by atoms with Crippen molar-refractivity contribution in [2.75, 3.05) is 6.61 Å². The molecule has 0 spiro atoms.